The summed E-state index contributed by atoms with van der Waals surface area (Å²) >= 11 is 2.73. The van der Waals surface area contributed by atoms with Crippen LogP contribution in [0, 0.1) is 5.82 Å². The van der Waals surface area contributed by atoms with Crippen LogP contribution >= 0.6 is 23.5 Å². The van der Waals surface area contributed by atoms with Crippen molar-refractivity contribution < 1.29 is 31.9 Å². The number of carbonyl (C=O) groups is 2. The van der Waals surface area contributed by atoms with Gasteiger partial charge in [0.15, 0.2) is 11.0 Å². The molecule has 0 spiro atoms. The Morgan fingerprint density at radius 3 is 2.58 bits per heavy atom. The Bertz CT molecular complexity index is 1690. The number of amides is 3. The number of urea groups is 1. The van der Waals surface area contributed by atoms with Crippen molar-refractivity contribution in [2.45, 2.75) is 18.5 Å². The Morgan fingerprint density at radius 1 is 1.14 bits per heavy atom. The highest BCUT2D eigenvalue weighted by Crippen LogP contribution is 2.37. The Labute approximate surface area is 251 Å². The van der Waals surface area contributed by atoms with E-state index in [1.54, 1.807) is 23.9 Å². The van der Waals surface area contributed by atoms with Gasteiger partial charge in [0.25, 0.3) is 0 Å². The number of hydrogen-bond donors (Lipinski definition) is 1. The third kappa shape index (κ3) is 7.00. The summed E-state index contributed by atoms with van der Waals surface area (Å²) < 4.78 is 57.3. The molecule has 1 saturated heterocycles. The molecule has 3 aromatic carbocycles. The quantitative estimate of drug-likeness (QED) is 0.218. The molecule has 0 radical (unpaired) electrons. The summed E-state index contributed by atoms with van der Waals surface area (Å²) in [6.45, 7) is 2.02. The van der Waals surface area contributed by atoms with Gasteiger partial charge in [-0.2, -0.15) is 16.8 Å². The van der Waals surface area contributed by atoms with Crippen LogP contribution < -0.4 is 15.0 Å². The lowest BCUT2D eigenvalue weighted by molar-refractivity contribution is -0.274. The van der Waals surface area contributed by atoms with Gasteiger partial charge in [0.05, 0.1) is 22.8 Å². The zero-order chi connectivity index (χ0) is 30.7. The Kier molecular flexibility index (Phi) is 8.73. The Hall–Kier alpha value is -4.37. The number of thioether (sulfide) groups is 2. The van der Waals surface area contributed by atoms with E-state index in [0.717, 1.165) is 35.5 Å². The molecule has 1 fully saturated rings. The van der Waals surface area contributed by atoms with Crippen molar-refractivity contribution in [3.63, 3.8) is 0 Å². The molecule has 15 heteroatoms. The summed E-state index contributed by atoms with van der Waals surface area (Å²) in [7, 11) is 0. The fourth-order valence-electron chi connectivity index (χ4n) is 4.15. The van der Waals surface area contributed by atoms with E-state index in [4.69, 9.17) is 0 Å². The van der Waals surface area contributed by atoms with E-state index in [1.165, 1.54) is 40.2 Å². The minimum atomic E-state index is -4.81. The van der Waals surface area contributed by atoms with Crippen molar-refractivity contribution in [1.29, 1.82) is 0 Å². The molecule has 2 heterocycles. The van der Waals surface area contributed by atoms with Gasteiger partial charge < -0.3 is 10.1 Å². The number of amidine groups is 1. The molecule has 43 heavy (non-hydrogen) atoms. The molecule has 5 rings (SSSR count). The molecule has 4 aromatic rings. The van der Waals surface area contributed by atoms with Gasteiger partial charge in [0, 0.05) is 10.8 Å². The molecule has 3 amide bonds. The number of halogens is 4. The Morgan fingerprint density at radius 2 is 1.88 bits per heavy atom. The van der Waals surface area contributed by atoms with E-state index in [9.17, 15) is 22.8 Å². The summed E-state index contributed by atoms with van der Waals surface area (Å²) in [5.41, 5.74) is 2.11. The molecule has 0 saturated carbocycles. The van der Waals surface area contributed by atoms with Gasteiger partial charge in [-0.1, -0.05) is 30.0 Å². The van der Waals surface area contributed by atoms with Crippen molar-refractivity contribution >= 4 is 52.0 Å². The van der Waals surface area contributed by atoms with Crippen LogP contribution in [-0.4, -0.2) is 50.2 Å². The maximum atomic E-state index is 15.0. The highest BCUT2D eigenvalue weighted by Gasteiger charge is 2.33. The molecule has 1 aliphatic rings. The molecule has 1 N–H and O–H groups in total. The number of para-hydroxylation sites is 1. The van der Waals surface area contributed by atoms with Crippen LogP contribution in [0.1, 0.15) is 17.7 Å². The van der Waals surface area contributed by atoms with Gasteiger partial charge in [-0.15, -0.1) is 18.3 Å². The number of nitrogens with zero attached hydrogens (tertiary/aromatic N) is 5. The van der Waals surface area contributed by atoms with Gasteiger partial charge in [0.2, 0.25) is 5.91 Å². The maximum absolute atomic E-state index is 15.0. The zero-order valence-electron chi connectivity index (χ0n) is 22.5. The van der Waals surface area contributed by atoms with E-state index in [2.05, 4.69) is 25.1 Å². The van der Waals surface area contributed by atoms with Crippen LogP contribution in [0.5, 0.6) is 5.75 Å². The van der Waals surface area contributed by atoms with Gasteiger partial charge in [-0.25, -0.2) is 18.9 Å². The van der Waals surface area contributed by atoms with Crippen molar-refractivity contribution in [3.8, 4) is 22.8 Å². The van der Waals surface area contributed by atoms with Crippen molar-refractivity contribution in [2.75, 3.05) is 22.2 Å². The van der Waals surface area contributed by atoms with E-state index < -0.39 is 18.2 Å². The average molecular weight is 631 g/mol. The molecular formula is C28H22F4N6O3S2. The topological polar surface area (TPSA) is 102 Å². The molecular weight excluding hydrogens is 608 g/mol. The van der Waals surface area contributed by atoms with Crippen molar-refractivity contribution in [3.05, 3.63) is 84.4 Å². The third-order valence-corrected chi connectivity index (χ3v) is 8.11. The van der Waals surface area contributed by atoms with Crippen LogP contribution in [0.15, 0.2) is 78.0 Å². The lowest BCUT2D eigenvalue weighted by Crippen LogP contribution is -2.31. The van der Waals surface area contributed by atoms with Crippen molar-refractivity contribution in [2.24, 2.45) is 4.99 Å². The summed E-state index contributed by atoms with van der Waals surface area (Å²) in [6, 6.07) is 15.5. The standard InChI is InChI=1S/C28H22F4N6O3S2/c1-16(42-2)20-5-3-4-6-23(20)38-24(39)14-43-27(38)35-26(40)34-22-12-7-17(13-21(22)29)25-33-15-37(36-25)18-8-10-19(11-9-18)41-28(30,31)32/h3-13,15-16H,14H2,1-2H3,(H,34,40)/b35-27-. The van der Waals surface area contributed by atoms with E-state index in [1.807, 2.05) is 25.3 Å². The summed E-state index contributed by atoms with van der Waals surface area (Å²) in [5.74, 6) is -1.13. The number of ether oxygens (including phenoxy) is 1. The lowest BCUT2D eigenvalue weighted by atomic mass is 10.1. The number of hydrogen-bond acceptors (Lipinski definition) is 7. The molecule has 222 valence electrons. The molecule has 9 nitrogen and oxygen atoms in total. The summed E-state index contributed by atoms with van der Waals surface area (Å²) in [5, 5.41) is 6.94. The van der Waals surface area contributed by atoms with E-state index in [-0.39, 0.29) is 39.3 Å². The fraction of sp³-hybridized carbons (Fsp3) is 0.179. The van der Waals surface area contributed by atoms with Crippen LogP contribution in [0.25, 0.3) is 17.1 Å². The summed E-state index contributed by atoms with van der Waals surface area (Å²) in [6.07, 6.45) is -1.52. The Balaban J connectivity index is 1.30. The molecule has 0 aliphatic carbocycles. The number of anilines is 2. The van der Waals surface area contributed by atoms with Gasteiger partial charge in [-0.05, 0) is 67.3 Å². The predicted octanol–water partition coefficient (Wildman–Crippen LogP) is 7.06. The van der Waals surface area contributed by atoms with Crippen molar-refractivity contribution in [1.82, 2.24) is 14.8 Å². The zero-order valence-corrected chi connectivity index (χ0v) is 24.1. The molecule has 1 aromatic heterocycles. The molecule has 1 unspecified atom stereocenters. The first kappa shape index (κ1) is 30.1. The predicted molar refractivity (Wildman–Crippen MR) is 158 cm³/mol. The van der Waals surface area contributed by atoms with E-state index in [0.29, 0.717) is 16.9 Å². The van der Waals surface area contributed by atoms with E-state index >= 15 is 4.39 Å². The first-order valence-corrected chi connectivity index (χ1v) is 14.8. The maximum Gasteiger partial charge on any atom is 0.573 e. The minimum absolute atomic E-state index is 0.0941. The number of alkyl halides is 3. The van der Waals surface area contributed by atoms with Crippen LogP contribution in [0.2, 0.25) is 0 Å². The smallest absolute Gasteiger partial charge is 0.406 e. The normalized spacial score (nSPS) is 15.2. The lowest BCUT2D eigenvalue weighted by Gasteiger charge is -2.22. The number of benzene rings is 3. The number of nitrogens with one attached hydrogen (secondary N) is 1. The first-order valence-electron chi connectivity index (χ1n) is 12.6. The van der Waals surface area contributed by atoms with Gasteiger partial charge >= 0.3 is 12.4 Å². The number of aromatic nitrogens is 3. The second-order valence-corrected chi connectivity index (χ2v) is 11.1. The molecule has 0 bridgehead atoms. The van der Waals surface area contributed by atoms with Crippen LogP contribution in [0.4, 0.5) is 33.7 Å². The fourth-order valence-corrected chi connectivity index (χ4v) is 5.46. The number of rotatable bonds is 7. The second-order valence-electron chi connectivity index (χ2n) is 9.03. The largest absolute Gasteiger partial charge is 0.573 e. The first-order chi connectivity index (χ1) is 20.5. The van der Waals surface area contributed by atoms with Crippen LogP contribution in [0.3, 0.4) is 0 Å². The van der Waals surface area contributed by atoms with Crippen LogP contribution in [-0.2, 0) is 4.79 Å². The average Bonchev–Trinajstić information content (AvgIpc) is 3.60. The molecule has 1 atom stereocenters. The molecule has 1 aliphatic heterocycles. The second kappa shape index (κ2) is 12.5. The third-order valence-electron chi connectivity index (χ3n) is 6.23. The number of carbonyl (C=O) groups excluding carboxylic acids is 2. The van der Waals surface area contributed by atoms with Gasteiger partial charge in [0.1, 0.15) is 17.9 Å². The minimum Gasteiger partial charge on any atom is -0.406 e. The number of aliphatic imine (C=N–C) groups is 1. The highest BCUT2D eigenvalue weighted by atomic mass is 32.2. The van der Waals surface area contributed by atoms with Gasteiger partial charge in [-0.3, -0.25) is 9.69 Å². The highest BCUT2D eigenvalue weighted by molar-refractivity contribution is 8.15. The SMILES string of the molecule is CSC(C)c1ccccc1N1C(=O)CS/C1=N\C(=O)Nc1ccc(-c2ncn(-c3ccc(OC(F)(F)F)cc3)n2)cc1F. The summed E-state index contributed by atoms with van der Waals surface area (Å²) in [4.78, 5) is 35.1. The monoisotopic (exact) mass is 630 g/mol.